The average Bonchev–Trinajstić information content (AvgIpc) is 2.61. The fourth-order valence-electron chi connectivity index (χ4n) is 1.92. The van der Waals surface area contributed by atoms with Crippen molar-refractivity contribution in [1.82, 2.24) is 0 Å². The number of nitro groups is 1. The van der Waals surface area contributed by atoms with Gasteiger partial charge in [0.1, 0.15) is 0 Å². The molecule has 1 N–H and O–H groups in total. The molecule has 0 spiro atoms. The van der Waals surface area contributed by atoms with E-state index < -0.39 is 4.92 Å². The van der Waals surface area contributed by atoms with E-state index in [2.05, 4.69) is 5.32 Å². The number of nitrogens with one attached hydrogen (secondary N) is 1. The molecular formula is C17H16N2O5S. The van der Waals surface area contributed by atoms with E-state index in [0.717, 1.165) is 4.90 Å². The number of non-ortho nitro benzene ring substituents is 1. The van der Waals surface area contributed by atoms with Crippen LogP contribution in [0.25, 0.3) is 0 Å². The van der Waals surface area contributed by atoms with Crippen molar-refractivity contribution in [3.05, 3.63) is 64.2 Å². The summed E-state index contributed by atoms with van der Waals surface area (Å²) >= 11 is 1.35. The molecular weight excluding hydrogens is 344 g/mol. The predicted octanol–water partition coefficient (Wildman–Crippen LogP) is 3.50. The minimum absolute atomic E-state index is 0.0699. The van der Waals surface area contributed by atoms with Crippen LogP contribution in [-0.2, 0) is 9.53 Å². The molecule has 2 aromatic carbocycles. The highest BCUT2D eigenvalue weighted by atomic mass is 32.2. The van der Waals surface area contributed by atoms with Gasteiger partial charge >= 0.3 is 5.97 Å². The van der Waals surface area contributed by atoms with Crippen LogP contribution >= 0.6 is 11.8 Å². The number of esters is 1. The lowest BCUT2D eigenvalue weighted by Gasteiger charge is -2.07. The first kappa shape index (κ1) is 18.5. The smallest absolute Gasteiger partial charge is 0.316 e. The largest absolute Gasteiger partial charge is 0.465 e. The Kier molecular flexibility index (Phi) is 6.53. The summed E-state index contributed by atoms with van der Waals surface area (Å²) in [6.45, 7) is 2.11. The third-order valence-electron chi connectivity index (χ3n) is 3.11. The molecule has 0 fully saturated rings. The number of carbonyl (C=O) groups excluding carboxylic acids is 2. The second-order valence-corrected chi connectivity index (χ2v) is 5.92. The Morgan fingerprint density at radius 2 is 1.76 bits per heavy atom. The zero-order valence-electron chi connectivity index (χ0n) is 13.4. The van der Waals surface area contributed by atoms with E-state index in [4.69, 9.17) is 4.74 Å². The SMILES string of the molecule is CCOC(=O)CSc1ccc(NC(=O)c2ccc([N+](=O)[O-])cc2)cc1. The summed E-state index contributed by atoms with van der Waals surface area (Å²) in [5.41, 5.74) is 0.842. The van der Waals surface area contributed by atoms with Crippen LogP contribution in [0, 0.1) is 10.1 Å². The van der Waals surface area contributed by atoms with Crippen molar-refractivity contribution < 1.29 is 19.2 Å². The first-order valence-corrected chi connectivity index (χ1v) is 8.42. The van der Waals surface area contributed by atoms with Gasteiger partial charge in [-0.15, -0.1) is 11.8 Å². The zero-order chi connectivity index (χ0) is 18.2. The number of nitrogens with zero attached hydrogens (tertiary/aromatic N) is 1. The van der Waals surface area contributed by atoms with Crippen molar-refractivity contribution in [3.63, 3.8) is 0 Å². The number of rotatable bonds is 7. The van der Waals surface area contributed by atoms with Gasteiger partial charge in [0.15, 0.2) is 0 Å². The van der Waals surface area contributed by atoms with E-state index in [1.165, 1.54) is 36.0 Å². The summed E-state index contributed by atoms with van der Waals surface area (Å²) in [7, 11) is 0. The molecule has 0 aliphatic rings. The van der Waals surface area contributed by atoms with Gasteiger partial charge in [0, 0.05) is 28.3 Å². The number of hydrogen-bond acceptors (Lipinski definition) is 6. The van der Waals surface area contributed by atoms with E-state index in [0.29, 0.717) is 17.9 Å². The first-order valence-electron chi connectivity index (χ1n) is 7.44. The third kappa shape index (κ3) is 5.61. The lowest BCUT2D eigenvalue weighted by Crippen LogP contribution is -2.11. The Balaban J connectivity index is 1.92. The number of hydrogen-bond donors (Lipinski definition) is 1. The van der Waals surface area contributed by atoms with Crippen molar-refractivity contribution in [2.75, 3.05) is 17.7 Å². The molecule has 0 aliphatic heterocycles. The van der Waals surface area contributed by atoms with Crippen LogP contribution in [-0.4, -0.2) is 29.2 Å². The van der Waals surface area contributed by atoms with E-state index in [9.17, 15) is 19.7 Å². The molecule has 0 radical (unpaired) electrons. The van der Waals surface area contributed by atoms with Gasteiger partial charge in [-0.05, 0) is 43.3 Å². The Hall–Kier alpha value is -2.87. The van der Waals surface area contributed by atoms with Gasteiger partial charge in [0.25, 0.3) is 11.6 Å². The van der Waals surface area contributed by atoms with E-state index in [1.807, 2.05) is 0 Å². The van der Waals surface area contributed by atoms with Crippen molar-refractivity contribution in [1.29, 1.82) is 0 Å². The molecule has 0 atom stereocenters. The van der Waals surface area contributed by atoms with Gasteiger partial charge in [-0.2, -0.15) is 0 Å². The van der Waals surface area contributed by atoms with Crippen molar-refractivity contribution in [2.45, 2.75) is 11.8 Å². The van der Waals surface area contributed by atoms with Gasteiger partial charge in [0.2, 0.25) is 0 Å². The maximum absolute atomic E-state index is 12.1. The summed E-state index contributed by atoms with van der Waals surface area (Å²) in [5, 5.41) is 13.3. The molecule has 0 aromatic heterocycles. The zero-order valence-corrected chi connectivity index (χ0v) is 14.2. The van der Waals surface area contributed by atoms with Crippen LogP contribution in [0.1, 0.15) is 17.3 Å². The number of amides is 1. The molecule has 0 bridgehead atoms. The van der Waals surface area contributed by atoms with Gasteiger partial charge < -0.3 is 10.1 Å². The number of nitro benzene ring substituents is 1. The summed E-state index contributed by atoms with van der Waals surface area (Å²) in [6.07, 6.45) is 0. The molecule has 7 nitrogen and oxygen atoms in total. The quantitative estimate of drug-likeness (QED) is 0.351. The topological polar surface area (TPSA) is 98.5 Å². The highest BCUT2D eigenvalue weighted by Crippen LogP contribution is 2.21. The van der Waals surface area contributed by atoms with E-state index >= 15 is 0 Å². The molecule has 2 rings (SSSR count). The second-order valence-electron chi connectivity index (χ2n) is 4.88. The van der Waals surface area contributed by atoms with E-state index in [-0.39, 0.29) is 23.3 Å². The number of thioether (sulfide) groups is 1. The molecule has 0 saturated carbocycles. The van der Waals surface area contributed by atoms with Crippen molar-refractivity contribution in [3.8, 4) is 0 Å². The number of carbonyl (C=O) groups is 2. The van der Waals surface area contributed by atoms with Crippen LogP contribution in [0.15, 0.2) is 53.4 Å². The fraction of sp³-hybridized carbons (Fsp3) is 0.176. The summed E-state index contributed by atoms with van der Waals surface area (Å²) in [4.78, 5) is 34.4. The van der Waals surface area contributed by atoms with Crippen LogP contribution in [0.5, 0.6) is 0 Å². The van der Waals surface area contributed by atoms with Gasteiger partial charge in [-0.3, -0.25) is 19.7 Å². The maximum Gasteiger partial charge on any atom is 0.316 e. The maximum atomic E-state index is 12.1. The standard InChI is InChI=1S/C17H16N2O5S/c1-2-24-16(20)11-25-15-9-5-13(6-10-15)18-17(21)12-3-7-14(8-4-12)19(22)23/h3-10H,2,11H2,1H3,(H,18,21). The monoisotopic (exact) mass is 360 g/mol. The van der Waals surface area contributed by atoms with Crippen LogP contribution in [0.4, 0.5) is 11.4 Å². The molecule has 0 aliphatic carbocycles. The van der Waals surface area contributed by atoms with Gasteiger partial charge in [-0.1, -0.05) is 0 Å². The Bertz CT molecular complexity index is 760. The molecule has 1 amide bonds. The van der Waals surface area contributed by atoms with Gasteiger partial charge in [-0.25, -0.2) is 0 Å². The van der Waals surface area contributed by atoms with Crippen LogP contribution < -0.4 is 5.32 Å². The number of anilines is 1. The number of ether oxygens (including phenoxy) is 1. The first-order chi connectivity index (χ1) is 12.0. The van der Waals surface area contributed by atoms with Crippen LogP contribution in [0.2, 0.25) is 0 Å². The Morgan fingerprint density at radius 3 is 2.32 bits per heavy atom. The molecule has 2 aromatic rings. The molecule has 0 saturated heterocycles. The summed E-state index contributed by atoms with van der Waals surface area (Å²) < 4.78 is 4.85. The molecule has 0 unspecified atom stereocenters. The average molecular weight is 360 g/mol. The summed E-state index contributed by atoms with van der Waals surface area (Å²) in [6, 6.07) is 12.4. The lowest BCUT2D eigenvalue weighted by atomic mass is 10.2. The fourth-order valence-corrected chi connectivity index (χ4v) is 2.61. The van der Waals surface area contributed by atoms with E-state index in [1.54, 1.807) is 31.2 Å². The Labute approximate surface area is 148 Å². The highest BCUT2D eigenvalue weighted by molar-refractivity contribution is 8.00. The second kappa shape index (κ2) is 8.84. The normalized spacial score (nSPS) is 10.1. The lowest BCUT2D eigenvalue weighted by molar-refractivity contribution is -0.384. The molecule has 130 valence electrons. The Morgan fingerprint density at radius 1 is 1.12 bits per heavy atom. The molecule has 0 heterocycles. The molecule has 8 heteroatoms. The minimum atomic E-state index is -0.519. The number of benzene rings is 2. The minimum Gasteiger partial charge on any atom is -0.465 e. The van der Waals surface area contributed by atoms with Gasteiger partial charge in [0.05, 0.1) is 17.3 Å². The van der Waals surface area contributed by atoms with Crippen molar-refractivity contribution >= 4 is 35.0 Å². The van der Waals surface area contributed by atoms with Crippen LogP contribution in [0.3, 0.4) is 0 Å². The molecule has 25 heavy (non-hydrogen) atoms. The van der Waals surface area contributed by atoms with Crippen molar-refractivity contribution in [2.24, 2.45) is 0 Å². The third-order valence-corrected chi connectivity index (χ3v) is 4.10. The predicted molar refractivity (Wildman–Crippen MR) is 94.8 cm³/mol. The summed E-state index contributed by atoms with van der Waals surface area (Å²) in [5.74, 6) is -0.410. The highest BCUT2D eigenvalue weighted by Gasteiger charge is 2.10.